The molecule has 0 atom stereocenters. The molecule has 2 aromatic heterocycles. The maximum Gasteiger partial charge on any atom is 0.240 e. The number of aromatic amines is 1. The van der Waals surface area contributed by atoms with E-state index in [1.54, 1.807) is 13.3 Å². The standard InChI is InChI=1S/C17H18N6OS/c1-12(13-6-5-8-15(10-13)24-2)20-21-16-19-17(23-22-16)25-11-14-7-3-4-9-18-14/h3-10H,11H2,1-2H3,(H2,19,21,22,23)/b20-12-. The third kappa shape index (κ3) is 4.80. The van der Waals surface area contributed by atoms with Gasteiger partial charge in [0.2, 0.25) is 11.1 Å². The molecule has 0 aliphatic heterocycles. The Kier molecular flexibility index (Phi) is 5.63. The van der Waals surface area contributed by atoms with Gasteiger partial charge in [0.05, 0.1) is 18.5 Å². The van der Waals surface area contributed by atoms with Gasteiger partial charge in [0, 0.05) is 17.5 Å². The maximum absolute atomic E-state index is 5.22. The summed E-state index contributed by atoms with van der Waals surface area (Å²) < 4.78 is 5.22. The first-order valence-corrected chi connectivity index (χ1v) is 8.63. The maximum atomic E-state index is 5.22. The van der Waals surface area contributed by atoms with E-state index in [0.29, 0.717) is 16.9 Å². The van der Waals surface area contributed by atoms with Crippen LogP contribution in [0.2, 0.25) is 0 Å². The molecule has 128 valence electrons. The van der Waals surface area contributed by atoms with Crippen molar-refractivity contribution in [2.45, 2.75) is 17.8 Å². The summed E-state index contributed by atoms with van der Waals surface area (Å²) in [7, 11) is 1.64. The molecule has 7 nitrogen and oxygen atoms in total. The quantitative estimate of drug-likeness (QED) is 0.384. The van der Waals surface area contributed by atoms with Gasteiger partial charge < -0.3 is 4.74 Å². The molecule has 3 aromatic rings. The Morgan fingerprint density at radius 3 is 3.00 bits per heavy atom. The number of hydrazone groups is 1. The lowest BCUT2D eigenvalue weighted by Gasteiger charge is -2.04. The Hall–Kier alpha value is -2.87. The number of hydrogen-bond donors (Lipinski definition) is 2. The summed E-state index contributed by atoms with van der Waals surface area (Å²) in [6.07, 6.45) is 1.77. The van der Waals surface area contributed by atoms with Crippen molar-refractivity contribution in [2.75, 3.05) is 12.5 Å². The normalized spacial score (nSPS) is 11.4. The molecule has 2 N–H and O–H groups in total. The van der Waals surface area contributed by atoms with Crippen LogP contribution in [0.3, 0.4) is 0 Å². The van der Waals surface area contributed by atoms with Crippen LogP contribution in [0.15, 0.2) is 58.9 Å². The number of ether oxygens (including phenoxy) is 1. The Morgan fingerprint density at radius 1 is 1.28 bits per heavy atom. The Morgan fingerprint density at radius 2 is 2.20 bits per heavy atom. The summed E-state index contributed by atoms with van der Waals surface area (Å²) >= 11 is 1.51. The van der Waals surface area contributed by atoms with Crippen LogP contribution < -0.4 is 10.2 Å². The monoisotopic (exact) mass is 354 g/mol. The molecule has 0 saturated carbocycles. The summed E-state index contributed by atoms with van der Waals surface area (Å²) in [5, 5.41) is 12.0. The van der Waals surface area contributed by atoms with Gasteiger partial charge in [0.1, 0.15) is 5.75 Å². The number of H-pyrrole nitrogens is 1. The third-order valence-electron chi connectivity index (χ3n) is 3.36. The van der Waals surface area contributed by atoms with Crippen molar-refractivity contribution >= 4 is 23.4 Å². The molecule has 0 fully saturated rings. The van der Waals surface area contributed by atoms with E-state index in [1.807, 2.05) is 49.4 Å². The summed E-state index contributed by atoms with van der Waals surface area (Å²) in [5.41, 5.74) is 5.66. The molecule has 0 amide bonds. The van der Waals surface area contributed by atoms with Gasteiger partial charge in [-0.25, -0.2) is 10.5 Å². The number of hydrogen-bond acceptors (Lipinski definition) is 7. The Balaban J connectivity index is 1.59. The van der Waals surface area contributed by atoms with Crippen LogP contribution >= 0.6 is 11.8 Å². The van der Waals surface area contributed by atoms with Gasteiger partial charge in [-0.2, -0.15) is 10.1 Å². The zero-order valence-corrected chi connectivity index (χ0v) is 14.7. The summed E-state index contributed by atoms with van der Waals surface area (Å²) in [6.45, 7) is 1.91. The average Bonchev–Trinajstić information content (AvgIpc) is 3.13. The summed E-state index contributed by atoms with van der Waals surface area (Å²) in [4.78, 5) is 8.62. The van der Waals surface area contributed by atoms with E-state index in [9.17, 15) is 0 Å². The fourth-order valence-electron chi connectivity index (χ4n) is 2.03. The highest BCUT2D eigenvalue weighted by Crippen LogP contribution is 2.18. The predicted octanol–water partition coefficient (Wildman–Crippen LogP) is 3.34. The molecule has 1 aromatic carbocycles. The van der Waals surface area contributed by atoms with Crippen LogP contribution in [-0.2, 0) is 5.75 Å². The van der Waals surface area contributed by atoms with Crippen molar-refractivity contribution in [3.8, 4) is 5.75 Å². The number of methoxy groups -OCH3 is 1. The zero-order valence-electron chi connectivity index (χ0n) is 13.9. The fourth-order valence-corrected chi connectivity index (χ4v) is 2.75. The number of aromatic nitrogens is 4. The van der Waals surface area contributed by atoms with Crippen LogP contribution in [-0.4, -0.2) is 33.0 Å². The van der Waals surface area contributed by atoms with Crippen molar-refractivity contribution in [1.82, 2.24) is 20.2 Å². The van der Waals surface area contributed by atoms with Gasteiger partial charge in [-0.3, -0.25) is 4.98 Å². The zero-order chi connectivity index (χ0) is 17.5. The second-order valence-electron chi connectivity index (χ2n) is 5.12. The Bertz CT molecular complexity index is 849. The second-order valence-corrected chi connectivity index (χ2v) is 6.06. The topological polar surface area (TPSA) is 88.1 Å². The summed E-state index contributed by atoms with van der Waals surface area (Å²) in [5.74, 6) is 2.00. The highest BCUT2D eigenvalue weighted by Gasteiger charge is 2.05. The lowest BCUT2D eigenvalue weighted by atomic mass is 10.1. The van der Waals surface area contributed by atoms with Crippen molar-refractivity contribution < 1.29 is 4.74 Å². The highest BCUT2D eigenvalue weighted by atomic mass is 32.2. The molecular weight excluding hydrogens is 336 g/mol. The third-order valence-corrected chi connectivity index (χ3v) is 4.24. The van der Waals surface area contributed by atoms with E-state index in [-0.39, 0.29) is 0 Å². The van der Waals surface area contributed by atoms with Crippen LogP contribution in [0.5, 0.6) is 5.75 Å². The van der Waals surface area contributed by atoms with Crippen LogP contribution in [0, 0.1) is 0 Å². The minimum absolute atomic E-state index is 0.491. The molecule has 2 heterocycles. The molecule has 25 heavy (non-hydrogen) atoms. The van der Waals surface area contributed by atoms with Gasteiger partial charge >= 0.3 is 0 Å². The van der Waals surface area contributed by atoms with Crippen molar-refractivity contribution in [1.29, 1.82) is 0 Å². The fraction of sp³-hybridized carbons (Fsp3) is 0.176. The first kappa shape index (κ1) is 17.0. The molecule has 8 heteroatoms. The average molecular weight is 354 g/mol. The number of thioether (sulfide) groups is 1. The van der Waals surface area contributed by atoms with Crippen LogP contribution in [0.1, 0.15) is 18.2 Å². The van der Waals surface area contributed by atoms with E-state index in [1.165, 1.54) is 11.8 Å². The Labute approximate surface area is 149 Å². The van der Waals surface area contributed by atoms with Gasteiger partial charge in [-0.1, -0.05) is 30.0 Å². The highest BCUT2D eigenvalue weighted by molar-refractivity contribution is 7.98. The number of rotatable bonds is 7. The molecule has 0 bridgehead atoms. The lowest BCUT2D eigenvalue weighted by molar-refractivity contribution is 0.414. The minimum Gasteiger partial charge on any atom is -0.497 e. The SMILES string of the molecule is COc1cccc(/C(C)=N\Nc2nc(SCc3ccccn3)n[nH]2)c1. The van der Waals surface area contributed by atoms with E-state index < -0.39 is 0 Å². The molecule has 0 aliphatic carbocycles. The molecule has 0 unspecified atom stereocenters. The first-order chi connectivity index (χ1) is 12.2. The van der Waals surface area contributed by atoms with Gasteiger partial charge in [-0.05, 0) is 31.2 Å². The second kappa shape index (κ2) is 8.29. The lowest BCUT2D eigenvalue weighted by Crippen LogP contribution is -2.01. The molecular formula is C17H18N6OS. The van der Waals surface area contributed by atoms with Gasteiger partial charge in [-0.15, -0.1) is 5.10 Å². The molecule has 0 radical (unpaired) electrons. The van der Waals surface area contributed by atoms with E-state index in [0.717, 1.165) is 22.7 Å². The smallest absolute Gasteiger partial charge is 0.240 e. The number of benzene rings is 1. The molecule has 3 rings (SSSR count). The number of pyridine rings is 1. The van der Waals surface area contributed by atoms with Crippen molar-refractivity contribution in [3.05, 3.63) is 59.9 Å². The largest absolute Gasteiger partial charge is 0.497 e. The predicted molar refractivity (Wildman–Crippen MR) is 99.0 cm³/mol. The van der Waals surface area contributed by atoms with E-state index in [4.69, 9.17) is 4.74 Å². The van der Waals surface area contributed by atoms with Gasteiger partial charge in [0.25, 0.3) is 0 Å². The molecule has 0 aliphatic rings. The van der Waals surface area contributed by atoms with Crippen LogP contribution in [0.4, 0.5) is 5.95 Å². The van der Waals surface area contributed by atoms with Gasteiger partial charge in [0.15, 0.2) is 0 Å². The minimum atomic E-state index is 0.491. The number of anilines is 1. The number of nitrogens with one attached hydrogen (secondary N) is 2. The molecule has 0 spiro atoms. The number of nitrogens with zero attached hydrogens (tertiary/aromatic N) is 4. The first-order valence-electron chi connectivity index (χ1n) is 7.64. The van der Waals surface area contributed by atoms with Crippen molar-refractivity contribution in [3.63, 3.8) is 0 Å². The van der Waals surface area contributed by atoms with E-state index in [2.05, 4.69) is 30.7 Å². The van der Waals surface area contributed by atoms with E-state index >= 15 is 0 Å². The summed E-state index contributed by atoms with van der Waals surface area (Å²) in [6, 6.07) is 13.5. The molecule has 0 saturated heterocycles. The van der Waals surface area contributed by atoms with Crippen LogP contribution in [0.25, 0.3) is 0 Å². The van der Waals surface area contributed by atoms with Crippen molar-refractivity contribution in [2.24, 2.45) is 5.10 Å².